The highest BCUT2D eigenvalue weighted by Crippen LogP contribution is 2.44. The third-order valence-corrected chi connectivity index (χ3v) is 11.2. The summed E-state index contributed by atoms with van der Waals surface area (Å²) in [6.07, 6.45) is 0. The van der Waals surface area contributed by atoms with Gasteiger partial charge in [-0.05, 0) is 51.2 Å². The van der Waals surface area contributed by atoms with Crippen molar-refractivity contribution in [2.75, 3.05) is 0 Å². The Bertz CT molecular complexity index is 3540. The van der Waals surface area contributed by atoms with Gasteiger partial charge in [-0.15, -0.1) is 0 Å². The predicted molar refractivity (Wildman–Crippen MR) is 230 cm³/mol. The molecule has 12 aromatic rings. The first-order valence-corrected chi connectivity index (χ1v) is 18.9. The van der Waals surface area contributed by atoms with E-state index in [1.165, 1.54) is 21.5 Å². The number of nitrogens with zero attached hydrogens (tertiary/aromatic N) is 4. The lowest BCUT2D eigenvalue weighted by Gasteiger charge is -2.13. The number of para-hydroxylation sites is 1. The average Bonchev–Trinajstić information content (AvgIpc) is 3.80. The molecule has 0 N–H and O–H groups in total. The minimum Gasteiger partial charge on any atom is -0.456 e. The van der Waals surface area contributed by atoms with Crippen LogP contribution in [0.4, 0.5) is 0 Å². The van der Waals surface area contributed by atoms with Crippen LogP contribution >= 0.6 is 0 Å². The summed E-state index contributed by atoms with van der Waals surface area (Å²) in [7, 11) is 0. The molecule has 9 aromatic carbocycles. The maximum atomic E-state index is 6.86. The largest absolute Gasteiger partial charge is 0.456 e. The molecule has 0 saturated carbocycles. The zero-order chi connectivity index (χ0) is 36.7. The van der Waals surface area contributed by atoms with Crippen molar-refractivity contribution in [1.29, 1.82) is 0 Å². The van der Waals surface area contributed by atoms with Crippen LogP contribution < -0.4 is 0 Å². The Kier molecular flexibility index (Phi) is 6.56. The van der Waals surface area contributed by atoms with Gasteiger partial charge in [-0.25, -0.2) is 15.0 Å². The first-order chi connectivity index (χ1) is 27.8. The quantitative estimate of drug-likeness (QED) is 0.182. The van der Waals surface area contributed by atoms with Gasteiger partial charge in [0, 0.05) is 49.7 Å². The van der Waals surface area contributed by atoms with Gasteiger partial charge in [-0.3, -0.25) is 0 Å². The van der Waals surface area contributed by atoms with E-state index in [1.807, 2.05) is 42.5 Å². The minimum absolute atomic E-state index is 0.595. The van der Waals surface area contributed by atoms with Gasteiger partial charge >= 0.3 is 0 Å². The summed E-state index contributed by atoms with van der Waals surface area (Å²) >= 11 is 0. The van der Waals surface area contributed by atoms with Crippen LogP contribution in [0.1, 0.15) is 0 Å². The highest BCUT2D eigenvalue weighted by molar-refractivity contribution is 6.25. The second kappa shape index (κ2) is 11.9. The molecule has 0 fully saturated rings. The Balaban J connectivity index is 1.15. The van der Waals surface area contributed by atoms with Crippen molar-refractivity contribution in [3.63, 3.8) is 0 Å². The Labute approximate surface area is 320 Å². The standard InChI is InChI=1S/C51H30N4O/c1-2-15-32(16-3-1)49-52-50(39-24-12-19-31-14-6-7-20-35(31)39)54-51(53-49)40-25-13-27-45-48(40)47-38-23-9-8-21-36(38)44(30-46(47)56-45)55-42-26-11-10-22-37(42)41-28-33-17-4-5-18-34(33)29-43(41)55/h1-30H. The third kappa shape index (κ3) is 4.58. The highest BCUT2D eigenvalue weighted by atomic mass is 16.3. The van der Waals surface area contributed by atoms with Gasteiger partial charge in [0.25, 0.3) is 0 Å². The number of hydrogen-bond acceptors (Lipinski definition) is 4. The number of furan rings is 1. The summed E-state index contributed by atoms with van der Waals surface area (Å²) < 4.78 is 9.26. The summed E-state index contributed by atoms with van der Waals surface area (Å²) in [4.78, 5) is 15.5. The molecule has 3 aromatic heterocycles. The fraction of sp³-hybridized carbons (Fsp3) is 0. The van der Waals surface area contributed by atoms with Crippen LogP contribution in [0.5, 0.6) is 0 Å². The highest BCUT2D eigenvalue weighted by Gasteiger charge is 2.23. The monoisotopic (exact) mass is 714 g/mol. The number of rotatable bonds is 4. The molecule has 0 aliphatic heterocycles. The molecule has 0 amide bonds. The van der Waals surface area contributed by atoms with E-state index in [2.05, 4.69) is 144 Å². The van der Waals surface area contributed by atoms with Crippen LogP contribution in [0, 0.1) is 0 Å². The van der Waals surface area contributed by atoms with Gasteiger partial charge in [0.1, 0.15) is 11.2 Å². The summed E-state index contributed by atoms with van der Waals surface area (Å²) in [6, 6.07) is 63.8. The zero-order valence-electron chi connectivity index (χ0n) is 30.0. The molecule has 0 bridgehead atoms. The van der Waals surface area contributed by atoms with Gasteiger partial charge in [-0.1, -0.05) is 152 Å². The van der Waals surface area contributed by atoms with Gasteiger partial charge in [0.15, 0.2) is 17.5 Å². The maximum Gasteiger partial charge on any atom is 0.164 e. The first-order valence-electron chi connectivity index (χ1n) is 18.9. The van der Waals surface area contributed by atoms with Crippen LogP contribution in [0.3, 0.4) is 0 Å². The summed E-state index contributed by atoms with van der Waals surface area (Å²) in [5.41, 5.74) is 7.74. The molecule has 260 valence electrons. The smallest absolute Gasteiger partial charge is 0.164 e. The summed E-state index contributed by atoms with van der Waals surface area (Å²) in [5, 5.41) is 11.3. The molecule has 0 spiro atoms. The average molecular weight is 715 g/mol. The molecule has 12 rings (SSSR count). The molecule has 0 saturated heterocycles. The lowest BCUT2D eigenvalue weighted by atomic mass is 9.98. The van der Waals surface area contributed by atoms with Crippen LogP contribution in [0.25, 0.3) is 116 Å². The number of benzene rings is 9. The molecule has 56 heavy (non-hydrogen) atoms. The van der Waals surface area contributed by atoms with Gasteiger partial charge in [-0.2, -0.15) is 0 Å². The van der Waals surface area contributed by atoms with E-state index in [9.17, 15) is 0 Å². The van der Waals surface area contributed by atoms with Gasteiger partial charge in [0.2, 0.25) is 0 Å². The summed E-state index contributed by atoms with van der Waals surface area (Å²) in [6.45, 7) is 0. The first kappa shape index (κ1) is 30.8. The van der Waals surface area contributed by atoms with E-state index >= 15 is 0 Å². The second-order valence-electron chi connectivity index (χ2n) is 14.4. The van der Waals surface area contributed by atoms with Crippen molar-refractivity contribution in [3.8, 4) is 39.9 Å². The zero-order valence-corrected chi connectivity index (χ0v) is 30.0. The predicted octanol–water partition coefficient (Wildman–Crippen LogP) is 13.3. The number of fused-ring (bicyclic) bond motifs is 10. The minimum atomic E-state index is 0.595. The molecule has 0 radical (unpaired) electrons. The topological polar surface area (TPSA) is 56.7 Å². The van der Waals surface area contributed by atoms with E-state index < -0.39 is 0 Å². The number of hydrogen-bond donors (Lipinski definition) is 0. The molecule has 5 nitrogen and oxygen atoms in total. The lowest BCUT2D eigenvalue weighted by molar-refractivity contribution is 0.669. The Morgan fingerprint density at radius 3 is 1.80 bits per heavy atom. The van der Waals surface area contributed by atoms with Crippen molar-refractivity contribution in [1.82, 2.24) is 19.5 Å². The normalized spacial score (nSPS) is 11.9. The molecular formula is C51H30N4O. The fourth-order valence-corrected chi connectivity index (χ4v) is 8.70. The molecule has 3 heterocycles. The van der Waals surface area contributed by atoms with Crippen molar-refractivity contribution in [2.45, 2.75) is 0 Å². The van der Waals surface area contributed by atoms with Crippen LogP contribution in [-0.4, -0.2) is 19.5 Å². The SMILES string of the molecule is c1ccc(-c2nc(-c3cccc4ccccc34)nc(-c3cccc4oc5cc(-n6c7ccccc7c7cc8ccccc8cc76)c6ccccc6c5c34)n2)cc1. The van der Waals surface area contributed by atoms with Gasteiger partial charge in [0.05, 0.1) is 16.7 Å². The third-order valence-electron chi connectivity index (χ3n) is 11.2. The van der Waals surface area contributed by atoms with E-state index in [-0.39, 0.29) is 0 Å². The van der Waals surface area contributed by atoms with Crippen LogP contribution in [-0.2, 0) is 0 Å². The van der Waals surface area contributed by atoms with Crippen molar-refractivity contribution < 1.29 is 4.42 Å². The van der Waals surface area contributed by atoms with Crippen molar-refractivity contribution in [3.05, 3.63) is 182 Å². The van der Waals surface area contributed by atoms with E-state index in [1.54, 1.807) is 0 Å². The molecular weight excluding hydrogens is 685 g/mol. The molecule has 0 unspecified atom stereocenters. The molecule has 5 heteroatoms. The van der Waals surface area contributed by atoms with E-state index in [4.69, 9.17) is 19.4 Å². The van der Waals surface area contributed by atoms with Crippen molar-refractivity contribution >= 4 is 76.1 Å². The van der Waals surface area contributed by atoms with E-state index in [0.29, 0.717) is 17.5 Å². The Hall–Kier alpha value is -7.63. The Morgan fingerprint density at radius 1 is 0.357 bits per heavy atom. The van der Waals surface area contributed by atoms with E-state index in [0.717, 1.165) is 76.9 Å². The second-order valence-corrected chi connectivity index (χ2v) is 14.4. The maximum absolute atomic E-state index is 6.86. The summed E-state index contributed by atoms with van der Waals surface area (Å²) in [5.74, 6) is 1.84. The molecule has 0 atom stereocenters. The van der Waals surface area contributed by atoms with Gasteiger partial charge < -0.3 is 8.98 Å². The Morgan fingerprint density at radius 2 is 0.964 bits per heavy atom. The molecule has 0 aliphatic carbocycles. The fourth-order valence-electron chi connectivity index (χ4n) is 8.70. The molecule has 0 aliphatic rings. The van der Waals surface area contributed by atoms with Crippen LogP contribution in [0.2, 0.25) is 0 Å². The lowest BCUT2D eigenvalue weighted by Crippen LogP contribution is -2.01. The van der Waals surface area contributed by atoms with Crippen molar-refractivity contribution in [2.24, 2.45) is 0 Å². The van der Waals surface area contributed by atoms with Crippen LogP contribution in [0.15, 0.2) is 186 Å². The number of aromatic nitrogens is 4.